The maximum Gasteiger partial charge on any atom is 0.410 e. The van der Waals surface area contributed by atoms with Crippen LogP contribution in [0.4, 0.5) is 4.79 Å². The Kier molecular flexibility index (Phi) is 7.17. The van der Waals surface area contributed by atoms with Crippen molar-refractivity contribution in [1.82, 2.24) is 20.2 Å². The second-order valence-electron chi connectivity index (χ2n) is 12.3. The van der Waals surface area contributed by atoms with Crippen LogP contribution in [-0.4, -0.2) is 51.7 Å². The number of ether oxygens (including phenoxy) is 2. The molecule has 2 aromatic carbocycles. The predicted octanol–water partition coefficient (Wildman–Crippen LogP) is 6.78. The normalized spacial score (nSPS) is 17.5. The number of hydrogen-bond donors (Lipinski definition) is 1. The molecule has 2 aromatic heterocycles. The Balaban J connectivity index is 1.21. The summed E-state index contributed by atoms with van der Waals surface area (Å²) in [6.07, 6.45) is 4.03. The summed E-state index contributed by atoms with van der Waals surface area (Å²) in [7, 11) is 0. The summed E-state index contributed by atoms with van der Waals surface area (Å²) >= 11 is 1.59. The SMILES string of the molecule is Cc1ccc2c(C3(NC(=O)c4cc(OC[C@@H]5CCN5C(=O)OC(C)(C)C)ccc4C)CC3)cc(-c3nccs3)cc2n1. The molecule has 8 nitrogen and oxygen atoms in total. The number of carbonyl (C=O) groups excluding carboxylic acids is 2. The van der Waals surface area contributed by atoms with Crippen LogP contribution in [0, 0.1) is 13.8 Å². The van der Waals surface area contributed by atoms with E-state index in [-0.39, 0.29) is 18.0 Å². The molecular formula is C33H36N4O4S. The van der Waals surface area contributed by atoms with E-state index in [1.165, 1.54) is 0 Å². The number of likely N-dealkylation sites (tertiary alicyclic amines) is 1. The molecule has 2 aliphatic rings. The number of benzene rings is 2. The van der Waals surface area contributed by atoms with Crippen molar-refractivity contribution >= 4 is 34.2 Å². The van der Waals surface area contributed by atoms with Crippen LogP contribution in [0.5, 0.6) is 5.75 Å². The number of nitrogens with one attached hydrogen (secondary N) is 1. The van der Waals surface area contributed by atoms with Gasteiger partial charge in [0.2, 0.25) is 0 Å². The highest BCUT2D eigenvalue weighted by molar-refractivity contribution is 7.13. The molecule has 1 aliphatic carbocycles. The van der Waals surface area contributed by atoms with Gasteiger partial charge in [0, 0.05) is 40.3 Å². The molecule has 2 fully saturated rings. The van der Waals surface area contributed by atoms with Crippen LogP contribution in [0.25, 0.3) is 21.5 Å². The van der Waals surface area contributed by atoms with Crippen LogP contribution in [-0.2, 0) is 10.3 Å². The minimum Gasteiger partial charge on any atom is -0.491 e. The van der Waals surface area contributed by atoms with Crippen molar-refractivity contribution < 1.29 is 19.1 Å². The molecule has 0 radical (unpaired) electrons. The van der Waals surface area contributed by atoms with Gasteiger partial charge in [-0.1, -0.05) is 12.1 Å². The Labute approximate surface area is 250 Å². The maximum atomic E-state index is 13.8. The number of carbonyl (C=O) groups is 2. The van der Waals surface area contributed by atoms with Crippen molar-refractivity contribution in [2.24, 2.45) is 0 Å². The molecule has 4 aromatic rings. The minimum atomic E-state index is -0.542. The van der Waals surface area contributed by atoms with Gasteiger partial charge in [-0.3, -0.25) is 9.78 Å². The summed E-state index contributed by atoms with van der Waals surface area (Å²) in [4.78, 5) is 37.3. The van der Waals surface area contributed by atoms with Crippen LogP contribution in [0.15, 0.2) is 54.0 Å². The Morgan fingerprint density at radius 1 is 1.12 bits per heavy atom. The summed E-state index contributed by atoms with van der Waals surface area (Å²) in [5, 5.41) is 7.31. The molecule has 0 bridgehead atoms. The molecule has 9 heteroatoms. The minimum absolute atomic E-state index is 0.0520. The third-order valence-electron chi connectivity index (χ3n) is 7.91. The molecule has 42 heavy (non-hydrogen) atoms. The van der Waals surface area contributed by atoms with Crippen LogP contribution in [0.2, 0.25) is 0 Å². The number of hydrogen-bond acceptors (Lipinski definition) is 7. The molecule has 1 atom stereocenters. The van der Waals surface area contributed by atoms with Gasteiger partial charge in [0.25, 0.3) is 5.91 Å². The van der Waals surface area contributed by atoms with Crippen molar-refractivity contribution in [3.05, 3.63) is 76.4 Å². The predicted molar refractivity (Wildman–Crippen MR) is 164 cm³/mol. The van der Waals surface area contributed by atoms with E-state index >= 15 is 0 Å². The van der Waals surface area contributed by atoms with Gasteiger partial charge in [0.05, 0.1) is 17.1 Å². The number of aryl methyl sites for hydroxylation is 2. The van der Waals surface area contributed by atoms with E-state index in [2.05, 4.69) is 28.5 Å². The molecular weight excluding hydrogens is 548 g/mol. The second kappa shape index (κ2) is 10.7. The van der Waals surface area contributed by atoms with Crippen molar-refractivity contribution in [3.63, 3.8) is 0 Å². The molecule has 3 heterocycles. The van der Waals surface area contributed by atoms with E-state index in [0.29, 0.717) is 24.5 Å². The highest BCUT2D eigenvalue weighted by Crippen LogP contribution is 2.49. The van der Waals surface area contributed by atoms with E-state index < -0.39 is 11.1 Å². The lowest BCUT2D eigenvalue weighted by atomic mass is 9.95. The lowest BCUT2D eigenvalue weighted by molar-refractivity contribution is -0.0141. The molecule has 0 unspecified atom stereocenters. The fraction of sp³-hybridized carbons (Fsp3) is 0.394. The number of rotatable bonds is 7. The molecule has 0 spiro atoms. The van der Waals surface area contributed by atoms with Crippen molar-refractivity contribution in [3.8, 4) is 16.3 Å². The maximum absolute atomic E-state index is 13.8. The Hall–Kier alpha value is -3.98. The van der Waals surface area contributed by atoms with Gasteiger partial charge >= 0.3 is 6.09 Å². The molecule has 1 saturated carbocycles. The third-order valence-corrected chi connectivity index (χ3v) is 8.73. The van der Waals surface area contributed by atoms with Crippen molar-refractivity contribution in [2.75, 3.05) is 13.2 Å². The van der Waals surface area contributed by atoms with Gasteiger partial charge in [-0.2, -0.15) is 0 Å². The smallest absolute Gasteiger partial charge is 0.410 e. The average Bonchev–Trinajstić information content (AvgIpc) is 3.46. The summed E-state index contributed by atoms with van der Waals surface area (Å²) in [5.41, 5.74) is 4.36. The number of pyridine rings is 1. The second-order valence-corrected chi connectivity index (χ2v) is 13.2. The average molecular weight is 585 g/mol. The summed E-state index contributed by atoms with van der Waals surface area (Å²) in [6.45, 7) is 10.5. The van der Waals surface area contributed by atoms with Gasteiger partial charge in [-0.15, -0.1) is 11.3 Å². The van der Waals surface area contributed by atoms with E-state index in [9.17, 15) is 9.59 Å². The Morgan fingerprint density at radius 3 is 2.60 bits per heavy atom. The van der Waals surface area contributed by atoms with Gasteiger partial charge in [0.1, 0.15) is 23.0 Å². The molecule has 6 rings (SSSR count). The number of thiazole rings is 1. The Morgan fingerprint density at radius 2 is 1.93 bits per heavy atom. The van der Waals surface area contributed by atoms with Crippen LogP contribution in [0.3, 0.4) is 0 Å². The van der Waals surface area contributed by atoms with E-state index in [1.807, 2.05) is 58.2 Å². The highest BCUT2D eigenvalue weighted by Gasteiger charge is 2.47. The van der Waals surface area contributed by atoms with Crippen molar-refractivity contribution in [2.45, 2.75) is 71.1 Å². The van der Waals surface area contributed by atoms with E-state index in [1.54, 1.807) is 28.5 Å². The number of amides is 2. The standard InChI is InChI=1S/C33H36N4O4S/c1-20-6-8-24(40-19-23-10-14-37(23)31(39)41-32(3,4)5)18-26(20)29(38)36-33(11-12-33)27-16-22(30-34-13-15-42-30)17-28-25(27)9-7-21(2)35-28/h6-9,13,15-18,23H,10-12,14,19H2,1-5H3,(H,36,38)/t23-/m0/s1. The summed E-state index contributed by atoms with van der Waals surface area (Å²) < 4.78 is 11.6. The highest BCUT2D eigenvalue weighted by atomic mass is 32.1. The van der Waals surface area contributed by atoms with Crippen LogP contribution in [0.1, 0.15) is 67.2 Å². The number of fused-ring (bicyclic) bond motifs is 1. The monoisotopic (exact) mass is 584 g/mol. The summed E-state index contributed by atoms with van der Waals surface area (Å²) in [5.74, 6) is 0.463. The first-order valence-electron chi connectivity index (χ1n) is 14.4. The summed E-state index contributed by atoms with van der Waals surface area (Å²) in [6, 6.07) is 13.9. The van der Waals surface area contributed by atoms with Gasteiger partial charge < -0.3 is 19.7 Å². The lowest BCUT2D eigenvalue weighted by Crippen LogP contribution is -2.55. The fourth-order valence-corrected chi connectivity index (χ4v) is 6.02. The third kappa shape index (κ3) is 5.70. The lowest BCUT2D eigenvalue weighted by Gasteiger charge is -2.41. The molecule has 218 valence electrons. The molecule has 1 saturated heterocycles. The first-order valence-corrected chi connectivity index (χ1v) is 15.3. The zero-order chi connectivity index (χ0) is 29.6. The quantitative estimate of drug-likeness (QED) is 0.257. The van der Waals surface area contributed by atoms with Crippen LogP contribution < -0.4 is 10.1 Å². The largest absolute Gasteiger partial charge is 0.491 e. The fourth-order valence-electron chi connectivity index (χ4n) is 5.40. The number of nitrogens with zero attached hydrogens (tertiary/aromatic N) is 3. The molecule has 1 N–H and O–H groups in total. The van der Waals surface area contributed by atoms with Crippen molar-refractivity contribution in [1.29, 1.82) is 0 Å². The van der Waals surface area contributed by atoms with Gasteiger partial charge in [-0.05, 0) is 95.3 Å². The van der Waals surface area contributed by atoms with E-state index in [4.69, 9.17) is 14.5 Å². The molecule has 2 amide bonds. The zero-order valence-corrected chi connectivity index (χ0v) is 25.5. The Bertz CT molecular complexity index is 1660. The first-order chi connectivity index (χ1) is 20.0. The topological polar surface area (TPSA) is 93.7 Å². The van der Waals surface area contributed by atoms with Crippen LogP contribution >= 0.6 is 11.3 Å². The number of aromatic nitrogens is 2. The van der Waals surface area contributed by atoms with Gasteiger partial charge in [0.15, 0.2) is 0 Å². The first kappa shape index (κ1) is 28.2. The zero-order valence-electron chi connectivity index (χ0n) is 24.7. The van der Waals surface area contributed by atoms with E-state index in [0.717, 1.165) is 57.6 Å². The molecule has 1 aliphatic heterocycles. The van der Waals surface area contributed by atoms with Gasteiger partial charge in [-0.25, -0.2) is 9.78 Å².